The Morgan fingerprint density at radius 3 is 0.868 bits per heavy atom. The number of aliphatic hydroxyl groups is 1. The molecule has 0 fully saturated rings. The third-order valence-electron chi connectivity index (χ3n) is 23.0. The summed E-state index contributed by atoms with van der Waals surface area (Å²) in [6, 6.07) is 6.65. The average molecular weight is 1610 g/mol. The molecule has 0 saturated carbocycles. The molecule has 1 rings (SSSR count). The van der Waals surface area contributed by atoms with Crippen LogP contribution in [-0.4, -0.2) is 98.3 Å². The summed E-state index contributed by atoms with van der Waals surface area (Å²) < 4.78 is 26.5. The number of ether oxygens (including phenoxy) is 5. The van der Waals surface area contributed by atoms with Gasteiger partial charge >= 0.3 is 23.9 Å². The van der Waals surface area contributed by atoms with Crippen LogP contribution < -0.4 is 15.4 Å². The minimum absolute atomic E-state index is 0. The van der Waals surface area contributed by atoms with Gasteiger partial charge in [-0.25, -0.2) is 4.79 Å². The van der Waals surface area contributed by atoms with E-state index in [9.17, 15) is 38.7 Å². The number of hydrogen-bond acceptors (Lipinski definition) is 13. The van der Waals surface area contributed by atoms with Crippen LogP contribution in [0.4, 0.5) is 0 Å². The van der Waals surface area contributed by atoms with Gasteiger partial charge in [0.1, 0.15) is 37.8 Å². The fourth-order valence-electron chi connectivity index (χ4n) is 16.0. The van der Waals surface area contributed by atoms with Gasteiger partial charge in [-0.15, -0.1) is 0 Å². The molecule has 1 aromatic rings. The zero-order chi connectivity index (χ0) is 81.7. The molecule has 3 N–H and O–H groups in total. The van der Waals surface area contributed by atoms with Gasteiger partial charge in [0.15, 0.2) is 5.78 Å². The van der Waals surface area contributed by atoms with Gasteiger partial charge in [0.05, 0.1) is 6.61 Å². The van der Waals surface area contributed by atoms with E-state index < -0.39 is 11.6 Å². The first-order valence-electron chi connectivity index (χ1n) is 47.4. The van der Waals surface area contributed by atoms with Crippen molar-refractivity contribution in [3.05, 3.63) is 42.5 Å². The van der Waals surface area contributed by atoms with Crippen molar-refractivity contribution in [3.8, 4) is 5.75 Å². The van der Waals surface area contributed by atoms with Crippen LogP contribution in [0.2, 0.25) is 0 Å². The number of ketones is 1. The Balaban J connectivity index is 0. The molecule has 0 aromatic heterocycles. The topological polar surface area (TPSA) is 210 Å². The Hall–Kier alpha value is -4.79. The lowest BCUT2D eigenvalue weighted by atomic mass is 9.78. The molecule has 15 heteroatoms. The molecule has 114 heavy (non-hydrogen) atoms. The predicted octanol–water partition coefficient (Wildman–Crippen LogP) is 27.4. The number of benzene rings is 1. The van der Waals surface area contributed by atoms with Crippen LogP contribution in [0.5, 0.6) is 5.75 Å². The van der Waals surface area contributed by atoms with Crippen LogP contribution in [0.25, 0.3) is 0 Å². The number of hydrogen-bond donors (Lipinski definition) is 3. The second-order valence-electron chi connectivity index (χ2n) is 33.7. The van der Waals surface area contributed by atoms with Gasteiger partial charge in [0.2, 0.25) is 11.8 Å². The van der Waals surface area contributed by atoms with Crippen molar-refractivity contribution in [2.75, 3.05) is 46.1 Å². The highest BCUT2D eigenvalue weighted by molar-refractivity contribution is 6.01. The zero-order valence-electron chi connectivity index (χ0n) is 73.5. The molecule has 0 aliphatic heterocycles. The quantitative estimate of drug-likeness (QED) is 0.0182. The maximum absolute atomic E-state index is 12.8. The molecule has 0 aliphatic rings. The fourth-order valence-corrected chi connectivity index (χ4v) is 16.0. The molecule has 4 unspecified atom stereocenters. The molecule has 2 amide bonds. The highest BCUT2D eigenvalue weighted by Gasteiger charge is 2.26. The van der Waals surface area contributed by atoms with Crippen molar-refractivity contribution in [1.82, 2.24) is 10.6 Å². The molecule has 0 aliphatic carbocycles. The molecule has 0 saturated heterocycles. The molecule has 1 aromatic carbocycles. The largest absolute Gasteiger partial charge is 0.490 e. The fraction of sp³-hybridized carbons (Fsp3) is 0.848. The van der Waals surface area contributed by atoms with E-state index in [0.29, 0.717) is 63.1 Å². The van der Waals surface area contributed by atoms with E-state index in [1.54, 1.807) is 24.3 Å². The number of Topliss-reactive ketones (excluding diaryl/α,β-unsaturated/α-hetero) is 1. The van der Waals surface area contributed by atoms with E-state index in [2.05, 4.69) is 44.9 Å². The van der Waals surface area contributed by atoms with Crippen molar-refractivity contribution in [2.24, 2.45) is 23.7 Å². The van der Waals surface area contributed by atoms with Gasteiger partial charge in [-0.1, -0.05) is 383 Å². The highest BCUT2D eigenvalue weighted by atomic mass is 16.6. The van der Waals surface area contributed by atoms with Crippen LogP contribution in [0.15, 0.2) is 36.9 Å². The molecule has 666 valence electrons. The maximum atomic E-state index is 12.8. The molecule has 0 radical (unpaired) electrons. The lowest BCUT2D eigenvalue weighted by molar-refractivity contribution is -0.149. The summed E-state index contributed by atoms with van der Waals surface area (Å²) in [5.74, 6) is 2.53. The monoisotopic (exact) mass is 1610 g/mol. The van der Waals surface area contributed by atoms with Crippen LogP contribution in [-0.2, 0) is 47.7 Å². The molecule has 0 bridgehead atoms. The smallest absolute Gasteiger partial charge is 0.330 e. The lowest BCUT2D eigenvalue weighted by Gasteiger charge is -2.28. The number of unbranched alkanes of at least 4 members (excludes halogenated alkanes) is 42. The summed E-state index contributed by atoms with van der Waals surface area (Å²) in [5, 5.41) is 16.1. The Labute approximate surface area is 701 Å². The van der Waals surface area contributed by atoms with Gasteiger partial charge in [0, 0.05) is 56.8 Å². The Morgan fingerprint density at radius 1 is 0.333 bits per heavy atom. The standard InChI is InChI=1S/C97H174N2O13.2CH4/c1-8-13-17-21-33-46-60-84(86(62-48-35-23-19-15-10-3)66-52-39-27-31-43-56-70-93(103)109-79-59-45-58-72-95(105)112-83-82-110-92(102)12-5)64-50-37-25-29-41-54-68-90(100)98-77-78-99-91(101)69-55-42-30-26-38-51-65-85(61-47-34-22-18-14-9-2)87(63-49-36-24-20-16-11-4)67-53-40-28-32-44-57-71-94(104)111-81-80-108-89-75-73-88(74-76-89)96(106)97(6,7)107;;/h12,73-76,84-87,107H,5,8-11,13-72,77-83H2,1-4,6-7H3,(H,98,100)(H,99,101);2*1H4. The Morgan fingerprint density at radius 2 is 0.579 bits per heavy atom. The summed E-state index contributed by atoms with van der Waals surface area (Å²) in [6.07, 6.45) is 76.7. The minimum Gasteiger partial charge on any atom is -0.490 e. The number of carbonyl (C=O) groups excluding carboxylic acids is 7. The number of carbonyl (C=O) groups is 7. The molecule has 15 nitrogen and oxygen atoms in total. The van der Waals surface area contributed by atoms with Gasteiger partial charge in [-0.3, -0.25) is 28.8 Å². The second-order valence-corrected chi connectivity index (χ2v) is 33.7. The summed E-state index contributed by atoms with van der Waals surface area (Å²) in [5.41, 5.74) is -1.01. The predicted molar refractivity (Wildman–Crippen MR) is 478 cm³/mol. The third-order valence-corrected chi connectivity index (χ3v) is 23.0. The summed E-state index contributed by atoms with van der Waals surface area (Å²) in [4.78, 5) is 85.8. The van der Waals surface area contributed by atoms with Crippen LogP contribution in [0.1, 0.15) is 478 Å². The van der Waals surface area contributed by atoms with E-state index in [-0.39, 0.29) is 83.2 Å². The lowest BCUT2D eigenvalue weighted by Crippen LogP contribution is -2.34. The van der Waals surface area contributed by atoms with E-state index in [0.717, 1.165) is 107 Å². The summed E-state index contributed by atoms with van der Waals surface area (Å²) >= 11 is 0. The summed E-state index contributed by atoms with van der Waals surface area (Å²) in [6.45, 7) is 17.3. The van der Waals surface area contributed by atoms with E-state index in [1.807, 2.05) is 0 Å². The van der Waals surface area contributed by atoms with Crippen molar-refractivity contribution in [3.63, 3.8) is 0 Å². The number of amides is 2. The number of nitrogens with one attached hydrogen (secondary N) is 2. The van der Waals surface area contributed by atoms with Gasteiger partial charge in [0.25, 0.3) is 0 Å². The first kappa shape index (κ1) is 111. The second kappa shape index (κ2) is 81.9. The van der Waals surface area contributed by atoms with E-state index >= 15 is 0 Å². The van der Waals surface area contributed by atoms with Gasteiger partial charge < -0.3 is 39.4 Å². The molecular formula is C99H182N2O13. The van der Waals surface area contributed by atoms with Crippen LogP contribution in [0, 0.1) is 23.7 Å². The van der Waals surface area contributed by atoms with Gasteiger partial charge in [-0.05, 0) is 107 Å². The average Bonchev–Trinajstić information content (AvgIpc) is 0.845. The number of esters is 4. The molecule has 0 heterocycles. The van der Waals surface area contributed by atoms with Crippen molar-refractivity contribution < 1.29 is 62.4 Å². The van der Waals surface area contributed by atoms with E-state index in [4.69, 9.17) is 23.7 Å². The first-order valence-corrected chi connectivity index (χ1v) is 47.4. The molecular weight excluding hydrogens is 1430 g/mol. The molecule has 4 atom stereocenters. The van der Waals surface area contributed by atoms with Crippen molar-refractivity contribution >= 4 is 41.5 Å². The molecule has 0 spiro atoms. The van der Waals surface area contributed by atoms with Gasteiger partial charge in [-0.2, -0.15) is 0 Å². The maximum Gasteiger partial charge on any atom is 0.330 e. The van der Waals surface area contributed by atoms with Crippen LogP contribution >= 0.6 is 0 Å². The minimum atomic E-state index is -1.43. The SMILES string of the molecule is C.C.C=CC(=O)OCCOC(=O)CCCCCOC(=O)CCCCCCCCC(CCCCCCCC)C(CCCCCCCC)CCCCCCCCC(=O)NCCNC(=O)CCCCCCCCC(CCCCCCCC)C(CCCCCCCC)CCCCCCCCC(=O)OCCOc1ccc(C(=O)C(C)(C)O)cc1. The Kier molecular flexibility index (Phi) is 80.0. The highest BCUT2D eigenvalue weighted by Crippen LogP contribution is 2.36. The Bertz CT molecular complexity index is 2390. The number of rotatable bonds is 85. The van der Waals surface area contributed by atoms with Crippen molar-refractivity contribution in [1.29, 1.82) is 0 Å². The van der Waals surface area contributed by atoms with Crippen LogP contribution in [0.3, 0.4) is 0 Å². The zero-order valence-corrected chi connectivity index (χ0v) is 73.5. The van der Waals surface area contributed by atoms with Crippen molar-refractivity contribution in [2.45, 2.75) is 473 Å². The summed E-state index contributed by atoms with van der Waals surface area (Å²) in [7, 11) is 0. The normalized spacial score (nSPS) is 12.4. The van der Waals surface area contributed by atoms with E-state index in [1.165, 1.54) is 309 Å². The third kappa shape index (κ3) is 70.2. The first-order chi connectivity index (χ1) is 54.6.